The van der Waals surface area contributed by atoms with Crippen LogP contribution in [0.3, 0.4) is 0 Å². The van der Waals surface area contributed by atoms with Crippen molar-refractivity contribution in [2.45, 2.75) is 58.7 Å². The van der Waals surface area contributed by atoms with Gasteiger partial charge in [-0.3, -0.25) is 0 Å². The first-order valence-electron chi connectivity index (χ1n) is 7.83. The Balaban J connectivity index is 1.98. The predicted molar refractivity (Wildman–Crippen MR) is 89.9 cm³/mol. The van der Waals surface area contributed by atoms with Crippen LogP contribution in [-0.4, -0.2) is 25.4 Å². The molecular weight excluding hydrogens is 330 g/mol. The summed E-state index contributed by atoms with van der Waals surface area (Å²) in [5.41, 5.74) is 2.39. The summed E-state index contributed by atoms with van der Waals surface area (Å²) in [5.74, 6) is 1.02. The highest BCUT2D eigenvalue weighted by Crippen LogP contribution is 2.29. The van der Waals surface area contributed by atoms with Crippen LogP contribution in [0.1, 0.15) is 44.2 Å². The summed E-state index contributed by atoms with van der Waals surface area (Å²) in [6, 6.07) is 4.72. The van der Waals surface area contributed by atoms with Crippen molar-refractivity contribution >= 4 is 15.9 Å². The highest BCUT2D eigenvalue weighted by atomic mass is 79.9. The average molecular weight is 356 g/mol. The maximum atomic E-state index is 6.08. The lowest BCUT2D eigenvalue weighted by atomic mass is 10.1. The molecular formula is C17H26BrNO2. The molecule has 0 saturated carbocycles. The third-order valence-corrected chi connectivity index (χ3v) is 4.19. The van der Waals surface area contributed by atoms with Crippen LogP contribution >= 0.6 is 15.9 Å². The van der Waals surface area contributed by atoms with E-state index >= 15 is 0 Å². The largest absolute Gasteiger partial charge is 0.493 e. The lowest BCUT2D eigenvalue weighted by molar-refractivity contribution is 0.0901. The number of ether oxygens (including phenoxy) is 2. The molecule has 1 saturated heterocycles. The average Bonchev–Trinajstić information content (AvgIpc) is 2.92. The zero-order valence-electron chi connectivity index (χ0n) is 13.2. The third kappa shape index (κ3) is 5.28. The van der Waals surface area contributed by atoms with Gasteiger partial charge in [-0.15, -0.1) is 0 Å². The third-order valence-electron chi connectivity index (χ3n) is 3.73. The topological polar surface area (TPSA) is 30.5 Å². The fraction of sp³-hybridized carbons (Fsp3) is 0.647. The van der Waals surface area contributed by atoms with Gasteiger partial charge in [0.1, 0.15) is 5.75 Å². The maximum Gasteiger partial charge on any atom is 0.126 e. The molecule has 1 heterocycles. The zero-order chi connectivity index (χ0) is 15.2. The summed E-state index contributed by atoms with van der Waals surface area (Å²) < 4.78 is 12.8. The van der Waals surface area contributed by atoms with Crippen molar-refractivity contribution in [1.82, 2.24) is 5.32 Å². The van der Waals surface area contributed by atoms with E-state index in [4.69, 9.17) is 9.47 Å². The molecule has 0 spiro atoms. The Bertz CT molecular complexity index is 456. The molecule has 1 aromatic carbocycles. The molecule has 0 bridgehead atoms. The quantitative estimate of drug-likeness (QED) is 0.794. The van der Waals surface area contributed by atoms with Crippen molar-refractivity contribution in [1.29, 1.82) is 0 Å². The smallest absolute Gasteiger partial charge is 0.126 e. The Morgan fingerprint density at radius 3 is 2.90 bits per heavy atom. The Labute approximate surface area is 136 Å². The summed E-state index contributed by atoms with van der Waals surface area (Å²) in [5, 5.41) is 3.46. The molecule has 1 aromatic rings. The first-order valence-corrected chi connectivity index (χ1v) is 8.62. The monoisotopic (exact) mass is 355 g/mol. The van der Waals surface area contributed by atoms with Crippen molar-refractivity contribution in [2.24, 2.45) is 0 Å². The standard InChI is InChI=1S/C17H26BrNO2/c1-12(2)19-11-14-10-15(18)9-13(3)17(14)21-8-6-16-5-4-7-20-16/h9-10,12,16,19H,4-8,11H2,1-3H3. The summed E-state index contributed by atoms with van der Waals surface area (Å²) in [6.07, 6.45) is 3.72. The van der Waals surface area contributed by atoms with Gasteiger partial charge >= 0.3 is 0 Å². The van der Waals surface area contributed by atoms with Crippen LogP contribution in [0.2, 0.25) is 0 Å². The molecule has 1 N–H and O–H groups in total. The van der Waals surface area contributed by atoms with Crippen molar-refractivity contribution in [3.8, 4) is 5.75 Å². The number of benzene rings is 1. The lowest BCUT2D eigenvalue weighted by Crippen LogP contribution is -2.22. The van der Waals surface area contributed by atoms with Gasteiger partial charge in [-0.25, -0.2) is 0 Å². The normalized spacial score (nSPS) is 18.4. The summed E-state index contributed by atoms with van der Waals surface area (Å²) in [6.45, 7) is 8.87. The first kappa shape index (κ1) is 16.8. The predicted octanol–water partition coefficient (Wildman–Crippen LogP) is 4.20. The molecule has 0 amide bonds. The van der Waals surface area contributed by atoms with Crippen LogP contribution < -0.4 is 10.1 Å². The highest BCUT2D eigenvalue weighted by molar-refractivity contribution is 9.10. The summed E-state index contributed by atoms with van der Waals surface area (Å²) in [7, 11) is 0. The number of rotatable bonds is 7. The van der Waals surface area contributed by atoms with Gasteiger partial charge in [0, 0.05) is 35.7 Å². The number of hydrogen-bond acceptors (Lipinski definition) is 3. The number of halogens is 1. The van der Waals surface area contributed by atoms with E-state index in [0.29, 0.717) is 12.1 Å². The Hall–Kier alpha value is -0.580. The molecule has 0 radical (unpaired) electrons. The number of hydrogen-bond donors (Lipinski definition) is 1. The second-order valence-corrected chi connectivity index (χ2v) is 6.93. The highest BCUT2D eigenvalue weighted by Gasteiger charge is 2.16. The summed E-state index contributed by atoms with van der Waals surface area (Å²) in [4.78, 5) is 0. The SMILES string of the molecule is Cc1cc(Br)cc(CNC(C)C)c1OCCC1CCCO1. The molecule has 1 fully saturated rings. The van der Waals surface area contributed by atoms with E-state index in [-0.39, 0.29) is 0 Å². The minimum absolute atomic E-state index is 0.387. The van der Waals surface area contributed by atoms with Gasteiger partial charge in [0.15, 0.2) is 0 Å². The fourth-order valence-electron chi connectivity index (χ4n) is 2.62. The van der Waals surface area contributed by atoms with Crippen LogP contribution in [0.25, 0.3) is 0 Å². The van der Waals surface area contributed by atoms with E-state index in [9.17, 15) is 0 Å². The van der Waals surface area contributed by atoms with E-state index in [2.05, 4.69) is 54.2 Å². The van der Waals surface area contributed by atoms with Gasteiger partial charge in [-0.2, -0.15) is 0 Å². The maximum absolute atomic E-state index is 6.08. The molecule has 1 aliphatic heterocycles. The molecule has 4 heteroatoms. The van der Waals surface area contributed by atoms with Gasteiger partial charge in [0.25, 0.3) is 0 Å². The fourth-order valence-corrected chi connectivity index (χ4v) is 3.24. The Kier molecular flexibility index (Phi) is 6.52. The second kappa shape index (κ2) is 8.16. The van der Waals surface area contributed by atoms with Crippen molar-refractivity contribution < 1.29 is 9.47 Å². The molecule has 21 heavy (non-hydrogen) atoms. The lowest BCUT2D eigenvalue weighted by Gasteiger charge is -2.17. The van der Waals surface area contributed by atoms with Crippen LogP contribution in [0.5, 0.6) is 5.75 Å². The van der Waals surface area contributed by atoms with Crippen molar-refractivity contribution in [2.75, 3.05) is 13.2 Å². The minimum atomic E-state index is 0.387. The molecule has 118 valence electrons. The van der Waals surface area contributed by atoms with Crippen molar-refractivity contribution in [3.63, 3.8) is 0 Å². The molecule has 2 rings (SSSR count). The first-order chi connectivity index (χ1) is 10.1. The number of aryl methyl sites for hydroxylation is 1. The molecule has 1 unspecified atom stereocenters. The van der Waals surface area contributed by atoms with Crippen LogP contribution in [0.15, 0.2) is 16.6 Å². The van der Waals surface area contributed by atoms with E-state index in [1.165, 1.54) is 24.0 Å². The molecule has 3 nitrogen and oxygen atoms in total. The van der Waals surface area contributed by atoms with Gasteiger partial charge in [0.2, 0.25) is 0 Å². The van der Waals surface area contributed by atoms with Crippen LogP contribution in [0, 0.1) is 6.92 Å². The van der Waals surface area contributed by atoms with E-state index in [1.54, 1.807) is 0 Å². The second-order valence-electron chi connectivity index (χ2n) is 6.02. The minimum Gasteiger partial charge on any atom is -0.493 e. The zero-order valence-corrected chi connectivity index (χ0v) is 14.8. The Morgan fingerprint density at radius 2 is 2.24 bits per heavy atom. The van der Waals surface area contributed by atoms with E-state index in [1.807, 2.05) is 0 Å². The molecule has 0 aliphatic carbocycles. The van der Waals surface area contributed by atoms with Crippen LogP contribution in [0.4, 0.5) is 0 Å². The van der Waals surface area contributed by atoms with Crippen LogP contribution in [-0.2, 0) is 11.3 Å². The van der Waals surface area contributed by atoms with Gasteiger partial charge in [-0.1, -0.05) is 29.8 Å². The van der Waals surface area contributed by atoms with E-state index < -0.39 is 0 Å². The molecule has 1 aliphatic rings. The Morgan fingerprint density at radius 1 is 1.43 bits per heavy atom. The van der Waals surface area contributed by atoms with Gasteiger partial charge in [-0.05, 0) is 37.5 Å². The van der Waals surface area contributed by atoms with Gasteiger partial charge in [0.05, 0.1) is 12.7 Å². The molecule has 1 atom stereocenters. The van der Waals surface area contributed by atoms with Gasteiger partial charge < -0.3 is 14.8 Å². The molecule has 0 aromatic heterocycles. The van der Waals surface area contributed by atoms with E-state index in [0.717, 1.165) is 36.4 Å². The number of nitrogens with one attached hydrogen (secondary N) is 1. The summed E-state index contributed by atoms with van der Waals surface area (Å²) >= 11 is 3.57. The van der Waals surface area contributed by atoms with Crippen molar-refractivity contribution in [3.05, 3.63) is 27.7 Å².